The molecule has 0 spiro atoms. The second-order valence-electron chi connectivity index (χ2n) is 6.03. The van der Waals surface area contributed by atoms with E-state index >= 15 is 0 Å². The van der Waals surface area contributed by atoms with Crippen LogP contribution >= 0.6 is 11.3 Å². The van der Waals surface area contributed by atoms with Crippen molar-refractivity contribution in [2.75, 3.05) is 5.73 Å². The van der Waals surface area contributed by atoms with Gasteiger partial charge in [-0.1, -0.05) is 0 Å². The Balaban J connectivity index is 1.73. The maximum Gasteiger partial charge on any atom is 0.417 e. The van der Waals surface area contributed by atoms with Crippen molar-refractivity contribution in [1.29, 1.82) is 0 Å². The molecule has 3 heterocycles. The number of rotatable bonds is 4. The van der Waals surface area contributed by atoms with Gasteiger partial charge in [-0.2, -0.15) is 13.2 Å². The largest absolute Gasteiger partial charge is 0.456 e. The number of aromatic nitrogens is 3. The lowest BCUT2D eigenvalue weighted by molar-refractivity contribution is -0.146. The SMILES string of the molecule is Cc1sc2nc(COC(=O)Cn3cc(C(F)(F)F)ccc3=O)nc(N)c2c1C. The molecule has 0 aliphatic carbocycles. The maximum atomic E-state index is 12.7. The smallest absolute Gasteiger partial charge is 0.417 e. The number of ether oxygens (including phenoxy) is 1. The summed E-state index contributed by atoms with van der Waals surface area (Å²) in [7, 11) is 0. The minimum absolute atomic E-state index is 0.163. The Kier molecular flexibility index (Phi) is 5.11. The average Bonchev–Trinajstić information content (AvgIpc) is 2.88. The van der Waals surface area contributed by atoms with Crippen LogP contribution in [0.5, 0.6) is 0 Å². The molecule has 3 aromatic heterocycles. The van der Waals surface area contributed by atoms with E-state index < -0.39 is 29.8 Å². The molecule has 0 fully saturated rings. The van der Waals surface area contributed by atoms with Gasteiger partial charge < -0.3 is 15.0 Å². The van der Waals surface area contributed by atoms with Crippen LogP contribution in [0.15, 0.2) is 23.1 Å². The minimum atomic E-state index is -4.63. The van der Waals surface area contributed by atoms with Crippen molar-refractivity contribution in [3.05, 3.63) is 50.5 Å². The molecule has 0 bridgehead atoms. The van der Waals surface area contributed by atoms with Gasteiger partial charge in [0.15, 0.2) is 12.4 Å². The van der Waals surface area contributed by atoms with Crippen LogP contribution in [-0.2, 0) is 28.9 Å². The first-order valence-corrected chi connectivity index (χ1v) is 8.83. The van der Waals surface area contributed by atoms with Gasteiger partial charge >= 0.3 is 12.1 Å². The summed E-state index contributed by atoms with van der Waals surface area (Å²) in [6.45, 7) is 2.84. The number of esters is 1. The van der Waals surface area contributed by atoms with E-state index in [0.717, 1.165) is 21.9 Å². The van der Waals surface area contributed by atoms with Gasteiger partial charge in [0.1, 0.15) is 17.2 Å². The predicted molar refractivity (Wildman–Crippen MR) is 96.8 cm³/mol. The summed E-state index contributed by atoms with van der Waals surface area (Å²) in [5.41, 5.74) is 5.13. The zero-order valence-electron chi connectivity index (χ0n) is 14.8. The van der Waals surface area contributed by atoms with Crippen LogP contribution < -0.4 is 11.3 Å². The molecule has 2 N–H and O–H groups in total. The van der Waals surface area contributed by atoms with E-state index in [-0.39, 0.29) is 18.2 Å². The number of thiophene rings is 1. The topological polar surface area (TPSA) is 100 Å². The molecular formula is C17H15F3N4O3S. The maximum absolute atomic E-state index is 12.7. The molecule has 0 amide bonds. The zero-order valence-corrected chi connectivity index (χ0v) is 15.6. The number of nitrogen functional groups attached to an aromatic ring is 1. The summed E-state index contributed by atoms with van der Waals surface area (Å²) in [6, 6.07) is 1.40. The molecule has 0 radical (unpaired) electrons. The van der Waals surface area contributed by atoms with Gasteiger partial charge in [-0.05, 0) is 25.5 Å². The second-order valence-corrected chi connectivity index (χ2v) is 7.23. The van der Waals surface area contributed by atoms with Gasteiger partial charge in [-0.15, -0.1) is 11.3 Å². The summed E-state index contributed by atoms with van der Waals surface area (Å²) in [4.78, 5) is 33.7. The van der Waals surface area contributed by atoms with Crippen molar-refractivity contribution < 1.29 is 22.7 Å². The van der Waals surface area contributed by atoms with Crippen LogP contribution in [0.3, 0.4) is 0 Å². The van der Waals surface area contributed by atoms with Gasteiger partial charge in [0.2, 0.25) is 0 Å². The van der Waals surface area contributed by atoms with E-state index in [9.17, 15) is 22.8 Å². The summed E-state index contributed by atoms with van der Waals surface area (Å²) >= 11 is 1.43. The molecule has 0 aliphatic rings. The molecule has 28 heavy (non-hydrogen) atoms. The minimum Gasteiger partial charge on any atom is -0.456 e. The molecule has 7 nitrogen and oxygen atoms in total. The third-order valence-electron chi connectivity index (χ3n) is 4.08. The number of alkyl halides is 3. The summed E-state index contributed by atoms with van der Waals surface area (Å²) in [5, 5.41) is 0.744. The third-order valence-corrected chi connectivity index (χ3v) is 5.18. The van der Waals surface area contributed by atoms with E-state index in [2.05, 4.69) is 9.97 Å². The average molecular weight is 412 g/mol. The molecule has 3 aromatic rings. The Morgan fingerprint density at radius 2 is 2.00 bits per heavy atom. The molecule has 0 aliphatic heterocycles. The fraction of sp³-hybridized carbons (Fsp3) is 0.294. The molecule has 0 aromatic carbocycles. The Morgan fingerprint density at radius 1 is 1.29 bits per heavy atom. The van der Waals surface area contributed by atoms with E-state index in [1.165, 1.54) is 11.3 Å². The van der Waals surface area contributed by atoms with Crippen LogP contribution in [0.1, 0.15) is 21.8 Å². The number of hydrogen-bond acceptors (Lipinski definition) is 7. The van der Waals surface area contributed by atoms with Crippen molar-refractivity contribution in [2.24, 2.45) is 0 Å². The second kappa shape index (κ2) is 7.23. The molecule has 0 atom stereocenters. The highest BCUT2D eigenvalue weighted by atomic mass is 32.1. The highest BCUT2D eigenvalue weighted by molar-refractivity contribution is 7.18. The molecule has 3 rings (SSSR count). The van der Waals surface area contributed by atoms with Crippen LogP contribution in [0, 0.1) is 13.8 Å². The highest BCUT2D eigenvalue weighted by Crippen LogP contribution is 2.32. The quantitative estimate of drug-likeness (QED) is 0.662. The van der Waals surface area contributed by atoms with Gasteiger partial charge in [0.05, 0.1) is 10.9 Å². The number of fused-ring (bicyclic) bond motifs is 1. The van der Waals surface area contributed by atoms with Crippen molar-refractivity contribution in [1.82, 2.24) is 14.5 Å². The Labute approximate surface area is 160 Å². The lowest BCUT2D eigenvalue weighted by atomic mass is 10.2. The molecule has 148 valence electrons. The number of halogens is 3. The fourth-order valence-electron chi connectivity index (χ4n) is 2.54. The summed E-state index contributed by atoms with van der Waals surface area (Å²) < 4.78 is 43.9. The number of aryl methyl sites for hydroxylation is 2. The fourth-order valence-corrected chi connectivity index (χ4v) is 3.60. The number of hydrogen-bond donors (Lipinski definition) is 1. The van der Waals surface area contributed by atoms with E-state index in [1.54, 1.807) is 0 Å². The molecule has 11 heteroatoms. The number of anilines is 1. The molecule has 0 unspecified atom stereocenters. The van der Waals surface area contributed by atoms with Gasteiger partial charge in [-0.25, -0.2) is 9.97 Å². The van der Waals surface area contributed by atoms with Crippen LogP contribution in [-0.4, -0.2) is 20.5 Å². The first-order valence-electron chi connectivity index (χ1n) is 8.01. The predicted octanol–water partition coefficient (Wildman–Crippen LogP) is 2.81. The molecule has 0 saturated heterocycles. The first kappa shape index (κ1) is 19.8. The van der Waals surface area contributed by atoms with E-state index in [0.29, 0.717) is 21.7 Å². The normalized spacial score (nSPS) is 11.8. The summed E-state index contributed by atoms with van der Waals surface area (Å²) in [6.07, 6.45) is -4.06. The van der Waals surface area contributed by atoms with Crippen LogP contribution in [0.4, 0.5) is 19.0 Å². The van der Waals surface area contributed by atoms with Crippen molar-refractivity contribution >= 4 is 33.3 Å². The Hall–Kier alpha value is -2.95. The van der Waals surface area contributed by atoms with Gasteiger partial charge in [0, 0.05) is 17.1 Å². The lowest BCUT2D eigenvalue weighted by Crippen LogP contribution is -2.26. The lowest BCUT2D eigenvalue weighted by Gasteiger charge is -2.10. The first-order chi connectivity index (χ1) is 13.1. The number of nitrogens with zero attached hydrogens (tertiary/aromatic N) is 3. The van der Waals surface area contributed by atoms with Crippen LogP contribution in [0.2, 0.25) is 0 Å². The zero-order chi connectivity index (χ0) is 20.6. The number of pyridine rings is 1. The van der Waals surface area contributed by atoms with Crippen molar-refractivity contribution in [3.63, 3.8) is 0 Å². The van der Waals surface area contributed by atoms with E-state index in [4.69, 9.17) is 10.5 Å². The monoisotopic (exact) mass is 412 g/mol. The number of carbonyl (C=O) groups is 1. The molecule has 0 saturated carbocycles. The van der Waals surface area contributed by atoms with Gasteiger partial charge in [0.25, 0.3) is 5.56 Å². The molecular weight excluding hydrogens is 397 g/mol. The Morgan fingerprint density at radius 3 is 2.68 bits per heavy atom. The van der Waals surface area contributed by atoms with E-state index in [1.807, 2.05) is 13.8 Å². The highest BCUT2D eigenvalue weighted by Gasteiger charge is 2.31. The van der Waals surface area contributed by atoms with Crippen molar-refractivity contribution in [3.8, 4) is 0 Å². The van der Waals surface area contributed by atoms with Crippen LogP contribution in [0.25, 0.3) is 10.2 Å². The number of carbonyl (C=O) groups excluding carboxylic acids is 1. The number of nitrogens with two attached hydrogens (primary N) is 1. The standard InChI is InChI=1S/C17H15F3N4O3S/c1-8-9(2)28-16-14(8)15(21)22-11(23-16)7-27-13(26)6-24-5-10(17(18,19)20)3-4-12(24)25/h3-5H,6-7H2,1-2H3,(H2,21,22,23). The Bertz CT molecular complexity index is 1120. The van der Waals surface area contributed by atoms with Gasteiger partial charge in [-0.3, -0.25) is 9.59 Å². The van der Waals surface area contributed by atoms with Crippen molar-refractivity contribution in [2.45, 2.75) is 33.2 Å². The summed E-state index contributed by atoms with van der Waals surface area (Å²) in [5.74, 6) is -0.481. The third kappa shape index (κ3) is 3.98.